The van der Waals surface area contributed by atoms with Gasteiger partial charge in [-0.3, -0.25) is 9.59 Å². The summed E-state index contributed by atoms with van der Waals surface area (Å²) < 4.78 is 10.6. The predicted molar refractivity (Wildman–Crippen MR) is 122 cm³/mol. The second kappa shape index (κ2) is 12.6. The third-order valence-corrected chi connectivity index (χ3v) is 5.21. The number of rotatable bonds is 12. The van der Waals surface area contributed by atoms with E-state index in [9.17, 15) is 9.59 Å². The highest BCUT2D eigenvalue weighted by Crippen LogP contribution is 2.28. The largest absolute Gasteiger partial charge is 0.493 e. The van der Waals surface area contributed by atoms with Crippen LogP contribution in [0.3, 0.4) is 0 Å². The molecule has 0 spiro atoms. The van der Waals surface area contributed by atoms with Gasteiger partial charge in [0.05, 0.1) is 14.2 Å². The lowest BCUT2D eigenvalue weighted by Gasteiger charge is -2.30. The molecule has 0 fully saturated rings. The number of nitrogens with one attached hydrogen (secondary N) is 1. The van der Waals surface area contributed by atoms with E-state index in [0.29, 0.717) is 43.9 Å². The Labute approximate surface area is 185 Å². The molecule has 31 heavy (non-hydrogen) atoms. The molecular formula is C25H34N2O4. The van der Waals surface area contributed by atoms with Gasteiger partial charge < -0.3 is 19.7 Å². The summed E-state index contributed by atoms with van der Waals surface area (Å²) in [6.07, 6.45) is 2.27. The molecule has 0 saturated carbocycles. The molecule has 0 aliphatic carbocycles. The topological polar surface area (TPSA) is 67.9 Å². The number of benzene rings is 2. The molecule has 1 N–H and O–H groups in total. The highest BCUT2D eigenvalue weighted by molar-refractivity contribution is 5.87. The lowest BCUT2D eigenvalue weighted by Crippen LogP contribution is -2.49. The van der Waals surface area contributed by atoms with E-state index in [0.717, 1.165) is 17.5 Å². The number of methoxy groups -OCH3 is 2. The van der Waals surface area contributed by atoms with Gasteiger partial charge in [0, 0.05) is 19.5 Å². The Morgan fingerprint density at radius 2 is 1.68 bits per heavy atom. The van der Waals surface area contributed by atoms with Crippen LogP contribution < -0.4 is 14.8 Å². The summed E-state index contributed by atoms with van der Waals surface area (Å²) in [6, 6.07) is 15.0. The molecule has 0 aliphatic rings. The first kappa shape index (κ1) is 24.3. The maximum absolute atomic E-state index is 13.3. The van der Waals surface area contributed by atoms with Gasteiger partial charge in [-0.2, -0.15) is 0 Å². The van der Waals surface area contributed by atoms with Crippen molar-refractivity contribution in [3.63, 3.8) is 0 Å². The smallest absolute Gasteiger partial charge is 0.242 e. The zero-order chi connectivity index (χ0) is 22.6. The lowest BCUT2D eigenvalue weighted by atomic mass is 10.1. The molecule has 6 nitrogen and oxygen atoms in total. The summed E-state index contributed by atoms with van der Waals surface area (Å²) in [5.41, 5.74) is 1.98. The molecule has 2 rings (SSSR count). The van der Waals surface area contributed by atoms with Gasteiger partial charge >= 0.3 is 0 Å². The standard InChI is InChI=1S/C25H34N2O4/c1-5-16-26-25(29)21(6-2)27(18-20-10-8-7-9-11-20)24(28)15-13-19-12-14-22(30-3)23(17-19)31-4/h7-12,14,17,21H,5-6,13,15-16,18H2,1-4H3,(H,26,29)/t21-/m1/s1. The van der Waals surface area contributed by atoms with E-state index < -0.39 is 6.04 Å². The second-order valence-corrected chi connectivity index (χ2v) is 7.41. The van der Waals surface area contributed by atoms with E-state index in [1.165, 1.54) is 0 Å². The first-order chi connectivity index (χ1) is 15.0. The molecule has 2 aromatic carbocycles. The van der Waals surface area contributed by atoms with Gasteiger partial charge in [-0.25, -0.2) is 0 Å². The highest BCUT2D eigenvalue weighted by Gasteiger charge is 2.28. The molecule has 0 aromatic heterocycles. The van der Waals surface area contributed by atoms with Crippen molar-refractivity contribution >= 4 is 11.8 Å². The van der Waals surface area contributed by atoms with Crippen molar-refractivity contribution < 1.29 is 19.1 Å². The Kier molecular flexibility index (Phi) is 9.88. The van der Waals surface area contributed by atoms with Gasteiger partial charge in [0.2, 0.25) is 11.8 Å². The Morgan fingerprint density at radius 1 is 0.968 bits per heavy atom. The van der Waals surface area contributed by atoms with E-state index in [4.69, 9.17) is 9.47 Å². The molecule has 2 aromatic rings. The van der Waals surface area contributed by atoms with Crippen molar-refractivity contribution in [2.45, 2.75) is 52.1 Å². The number of hydrogen-bond donors (Lipinski definition) is 1. The molecule has 0 bridgehead atoms. The zero-order valence-corrected chi connectivity index (χ0v) is 19.0. The lowest BCUT2D eigenvalue weighted by molar-refractivity contribution is -0.141. The van der Waals surface area contributed by atoms with E-state index >= 15 is 0 Å². The summed E-state index contributed by atoms with van der Waals surface area (Å²) >= 11 is 0. The molecule has 0 aliphatic heterocycles. The minimum atomic E-state index is -0.496. The van der Waals surface area contributed by atoms with Gasteiger partial charge in [0.25, 0.3) is 0 Å². The van der Waals surface area contributed by atoms with Crippen LogP contribution >= 0.6 is 0 Å². The van der Waals surface area contributed by atoms with E-state index in [-0.39, 0.29) is 11.8 Å². The highest BCUT2D eigenvalue weighted by atomic mass is 16.5. The van der Waals surface area contributed by atoms with Crippen LogP contribution in [0.2, 0.25) is 0 Å². The monoisotopic (exact) mass is 426 g/mol. The fraction of sp³-hybridized carbons (Fsp3) is 0.440. The summed E-state index contributed by atoms with van der Waals surface area (Å²) in [5.74, 6) is 1.15. The third-order valence-electron chi connectivity index (χ3n) is 5.21. The van der Waals surface area contributed by atoms with E-state index in [2.05, 4.69) is 5.32 Å². The van der Waals surface area contributed by atoms with Gasteiger partial charge in [-0.05, 0) is 42.5 Å². The molecule has 6 heteroatoms. The van der Waals surface area contributed by atoms with Crippen LogP contribution in [-0.4, -0.2) is 43.5 Å². The minimum Gasteiger partial charge on any atom is -0.493 e. The summed E-state index contributed by atoms with van der Waals surface area (Å²) in [4.78, 5) is 27.7. The Morgan fingerprint density at radius 3 is 2.29 bits per heavy atom. The van der Waals surface area contributed by atoms with Gasteiger partial charge in [0.15, 0.2) is 11.5 Å². The molecule has 2 amide bonds. The van der Waals surface area contributed by atoms with Crippen LogP contribution in [-0.2, 0) is 22.6 Å². The number of carbonyl (C=O) groups excluding carboxylic acids is 2. The Bertz CT molecular complexity index is 839. The number of aryl methyl sites for hydroxylation is 1. The average molecular weight is 427 g/mol. The fourth-order valence-corrected chi connectivity index (χ4v) is 3.50. The average Bonchev–Trinajstić information content (AvgIpc) is 2.81. The SMILES string of the molecule is CCCNC(=O)[C@@H](CC)N(Cc1ccccc1)C(=O)CCc1ccc(OC)c(OC)c1. The molecule has 1 atom stereocenters. The first-order valence-electron chi connectivity index (χ1n) is 10.9. The number of nitrogens with zero attached hydrogens (tertiary/aromatic N) is 1. The van der Waals surface area contributed by atoms with Crippen molar-refractivity contribution in [1.82, 2.24) is 10.2 Å². The van der Waals surface area contributed by atoms with Crippen LogP contribution in [0, 0.1) is 0 Å². The molecule has 0 unspecified atom stereocenters. The van der Waals surface area contributed by atoms with Crippen molar-refractivity contribution in [1.29, 1.82) is 0 Å². The molecule has 0 radical (unpaired) electrons. The summed E-state index contributed by atoms with van der Waals surface area (Å²) in [7, 11) is 3.19. The predicted octanol–water partition coefficient (Wildman–Crippen LogP) is 3.97. The number of amides is 2. The summed E-state index contributed by atoms with van der Waals surface area (Å²) in [6.45, 7) is 4.96. The van der Waals surface area contributed by atoms with Crippen LogP contribution in [0.15, 0.2) is 48.5 Å². The molecular weight excluding hydrogens is 392 g/mol. The van der Waals surface area contributed by atoms with Crippen LogP contribution in [0.25, 0.3) is 0 Å². The van der Waals surface area contributed by atoms with Crippen LogP contribution in [0.4, 0.5) is 0 Å². The van der Waals surface area contributed by atoms with Crippen molar-refractivity contribution in [3.05, 3.63) is 59.7 Å². The van der Waals surface area contributed by atoms with Crippen LogP contribution in [0.1, 0.15) is 44.2 Å². The first-order valence-corrected chi connectivity index (χ1v) is 10.9. The van der Waals surface area contributed by atoms with Crippen molar-refractivity contribution in [3.8, 4) is 11.5 Å². The van der Waals surface area contributed by atoms with Crippen molar-refractivity contribution in [2.24, 2.45) is 0 Å². The number of carbonyl (C=O) groups is 2. The maximum Gasteiger partial charge on any atom is 0.242 e. The Hall–Kier alpha value is -3.02. The fourth-order valence-electron chi connectivity index (χ4n) is 3.50. The normalized spacial score (nSPS) is 11.5. The van der Waals surface area contributed by atoms with Crippen molar-refractivity contribution in [2.75, 3.05) is 20.8 Å². The number of hydrogen-bond acceptors (Lipinski definition) is 4. The molecule has 0 heterocycles. The maximum atomic E-state index is 13.3. The molecule has 0 saturated heterocycles. The number of ether oxygens (including phenoxy) is 2. The second-order valence-electron chi connectivity index (χ2n) is 7.41. The van der Waals surface area contributed by atoms with Gasteiger partial charge in [-0.15, -0.1) is 0 Å². The molecule has 168 valence electrons. The van der Waals surface area contributed by atoms with Gasteiger partial charge in [0.1, 0.15) is 6.04 Å². The minimum absolute atomic E-state index is 0.0443. The van der Waals surface area contributed by atoms with E-state index in [1.807, 2.05) is 62.4 Å². The quantitative estimate of drug-likeness (QED) is 0.558. The zero-order valence-electron chi connectivity index (χ0n) is 19.0. The van der Waals surface area contributed by atoms with Gasteiger partial charge in [-0.1, -0.05) is 50.2 Å². The third kappa shape index (κ3) is 7.02. The van der Waals surface area contributed by atoms with Crippen LogP contribution in [0.5, 0.6) is 11.5 Å². The van der Waals surface area contributed by atoms with E-state index in [1.54, 1.807) is 19.1 Å². The Balaban J connectivity index is 2.17. The summed E-state index contributed by atoms with van der Waals surface area (Å²) in [5, 5.41) is 2.94.